The van der Waals surface area contributed by atoms with Gasteiger partial charge in [0.15, 0.2) is 16.8 Å². The van der Waals surface area contributed by atoms with Crippen LogP contribution in [0.4, 0.5) is 27.6 Å². The molecular formula is C21H18F5N5OS. The molecule has 12 heteroatoms. The van der Waals surface area contributed by atoms with Crippen molar-refractivity contribution in [2.75, 3.05) is 12.0 Å². The van der Waals surface area contributed by atoms with Crippen molar-refractivity contribution in [2.45, 2.75) is 37.0 Å². The third kappa shape index (κ3) is 4.64. The number of carbonyl (C=O) groups excluding carboxylic acids is 1. The van der Waals surface area contributed by atoms with Crippen LogP contribution in [0.25, 0.3) is 0 Å². The average molecular weight is 483 g/mol. The lowest BCUT2D eigenvalue weighted by Gasteiger charge is -2.41. The SMILES string of the molecule is Cc1cc(C#N)cnc1C(=O)Nc1cc(F)c(F)c([C@]2(CF)CC(C)(C(F)F)SC(N)=N2)c1. The van der Waals surface area contributed by atoms with E-state index in [9.17, 15) is 26.7 Å². The van der Waals surface area contributed by atoms with Crippen LogP contribution in [0.1, 0.15) is 40.5 Å². The third-order valence-electron chi connectivity index (χ3n) is 5.20. The second-order valence-corrected chi connectivity index (χ2v) is 9.34. The number of aliphatic imine (C=N–C) groups is 1. The number of aromatic nitrogens is 1. The number of pyridine rings is 1. The van der Waals surface area contributed by atoms with Gasteiger partial charge in [-0.2, -0.15) is 5.26 Å². The lowest BCUT2D eigenvalue weighted by molar-refractivity contribution is 0.0828. The van der Waals surface area contributed by atoms with Crippen molar-refractivity contribution < 1.29 is 26.7 Å². The smallest absolute Gasteiger partial charge is 0.274 e. The van der Waals surface area contributed by atoms with Gasteiger partial charge in [-0.25, -0.2) is 31.9 Å². The van der Waals surface area contributed by atoms with E-state index in [2.05, 4.69) is 15.3 Å². The summed E-state index contributed by atoms with van der Waals surface area (Å²) in [6.07, 6.45) is -2.45. The van der Waals surface area contributed by atoms with Gasteiger partial charge in [0.05, 0.1) is 10.3 Å². The summed E-state index contributed by atoms with van der Waals surface area (Å²) in [5, 5.41) is 10.8. The van der Waals surface area contributed by atoms with Crippen LogP contribution >= 0.6 is 11.8 Å². The second-order valence-electron chi connectivity index (χ2n) is 7.78. The Hall–Kier alpha value is -3.20. The number of halogens is 5. The Morgan fingerprint density at radius 3 is 2.64 bits per heavy atom. The Bertz CT molecular complexity index is 1180. The maximum absolute atomic E-state index is 14.8. The number of amides is 1. The fourth-order valence-corrected chi connectivity index (χ4v) is 4.72. The maximum Gasteiger partial charge on any atom is 0.274 e. The topological polar surface area (TPSA) is 104 Å². The van der Waals surface area contributed by atoms with E-state index in [1.54, 1.807) is 0 Å². The van der Waals surface area contributed by atoms with Crippen LogP contribution in [0.2, 0.25) is 0 Å². The zero-order valence-electron chi connectivity index (χ0n) is 17.4. The van der Waals surface area contributed by atoms with Crippen LogP contribution in [0, 0.1) is 29.9 Å². The molecule has 1 unspecified atom stereocenters. The molecule has 0 saturated heterocycles. The van der Waals surface area contributed by atoms with Crippen LogP contribution in [0.5, 0.6) is 0 Å². The highest BCUT2D eigenvalue weighted by molar-refractivity contribution is 8.15. The Morgan fingerprint density at radius 2 is 2.06 bits per heavy atom. The van der Waals surface area contributed by atoms with Crippen LogP contribution in [-0.2, 0) is 5.54 Å². The minimum Gasteiger partial charge on any atom is -0.378 e. The summed E-state index contributed by atoms with van der Waals surface area (Å²) in [5.74, 6) is -3.73. The minimum absolute atomic E-state index is 0.0814. The number of nitrogens with zero attached hydrogens (tertiary/aromatic N) is 3. The van der Waals surface area contributed by atoms with Crippen molar-refractivity contribution in [3.05, 3.63) is 58.4 Å². The number of hydrogen-bond acceptors (Lipinski definition) is 6. The first-order valence-corrected chi connectivity index (χ1v) is 10.3. The van der Waals surface area contributed by atoms with E-state index in [-0.39, 0.29) is 16.9 Å². The Morgan fingerprint density at radius 1 is 1.36 bits per heavy atom. The van der Waals surface area contributed by atoms with Crippen LogP contribution in [0.15, 0.2) is 29.4 Å². The second kappa shape index (κ2) is 8.97. The summed E-state index contributed by atoms with van der Waals surface area (Å²) in [4.78, 5) is 20.4. The first kappa shape index (κ1) is 24.4. The first-order valence-electron chi connectivity index (χ1n) is 9.51. The number of rotatable bonds is 5. The molecule has 2 atom stereocenters. The van der Waals surface area contributed by atoms with Crippen LogP contribution in [0.3, 0.4) is 0 Å². The van der Waals surface area contributed by atoms with Crippen molar-refractivity contribution in [1.29, 1.82) is 5.26 Å². The molecule has 0 fully saturated rings. The number of anilines is 1. The first-order chi connectivity index (χ1) is 15.4. The molecular weight excluding hydrogens is 465 g/mol. The highest BCUT2D eigenvalue weighted by Gasteiger charge is 2.51. The summed E-state index contributed by atoms with van der Waals surface area (Å²) in [5.41, 5.74) is 3.01. The van der Waals surface area contributed by atoms with Crippen molar-refractivity contribution in [2.24, 2.45) is 10.7 Å². The largest absolute Gasteiger partial charge is 0.378 e. The molecule has 3 rings (SSSR count). The van der Waals surface area contributed by atoms with Gasteiger partial charge in [-0.3, -0.25) is 4.79 Å². The molecule has 6 nitrogen and oxygen atoms in total. The molecule has 0 saturated carbocycles. The van der Waals surface area contributed by atoms with Crippen molar-refractivity contribution in [1.82, 2.24) is 4.98 Å². The number of thioether (sulfide) groups is 1. The van der Waals surface area contributed by atoms with Gasteiger partial charge >= 0.3 is 0 Å². The highest BCUT2D eigenvalue weighted by Crippen LogP contribution is 2.49. The molecule has 2 heterocycles. The normalized spacial score (nSPS) is 22.6. The number of hydrogen-bond donors (Lipinski definition) is 2. The number of nitrogens with one attached hydrogen (secondary N) is 1. The number of nitrogens with two attached hydrogens (primary N) is 1. The van der Waals surface area contributed by atoms with Gasteiger partial charge in [0, 0.05) is 23.5 Å². The molecule has 0 spiro atoms. The zero-order valence-corrected chi connectivity index (χ0v) is 18.2. The number of benzene rings is 1. The number of nitriles is 1. The molecule has 1 aliphatic rings. The van der Waals surface area contributed by atoms with Gasteiger partial charge in [-0.05, 0) is 38.0 Å². The Balaban J connectivity index is 2.05. The lowest BCUT2D eigenvalue weighted by atomic mass is 9.82. The Kier molecular flexibility index (Phi) is 6.65. The van der Waals surface area contributed by atoms with E-state index in [1.165, 1.54) is 19.2 Å². The summed E-state index contributed by atoms with van der Waals surface area (Å²) in [7, 11) is 0. The molecule has 33 heavy (non-hydrogen) atoms. The monoisotopic (exact) mass is 483 g/mol. The van der Waals surface area contributed by atoms with E-state index >= 15 is 0 Å². The van der Waals surface area contributed by atoms with Crippen LogP contribution in [-0.4, -0.2) is 33.9 Å². The standard InChI is InChI=1S/C21H18F5N5OS/c1-10-3-11(6-27)7-29-16(10)17(32)30-12-4-13(15(24)14(23)5-12)21(9-22)8-20(2,18(25)26)33-19(28)31-21/h3-5,7,18H,8-9H2,1-2H3,(H2,28,31)(H,30,32)/t20?,21-/m1/s1. The molecule has 3 N–H and O–H groups in total. The Labute approximate surface area is 190 Å². The minimum atomic E-state index is -2.95. The van der Waals surface area contributed by atoms with Gasteiger partial charge < -0.3 is 11.1 Å². The molecule has 0 aliphatic carbocycles. The number of alkyl halides is 3. The van der Waals surface area contributed by atoms with Crippen LogP contribution < -0.4 is 11.1 Å². The molecule has 0 radical (unpaired) electrons. The van der Waals surface area contributed by atoms with Gasteiger partial charge in [-0.1, -0.05) is 11.8 Å². The number of amidine groups is 1. The molecule has 1 amide bonds. The number of aryl methyl sites for hydroxylation is 1. The summed E-state index contributed by atoms with van der Waals surface area (Å²) >= 11 is 0.530. The van der Waals surface area contributed by atoms with E-state index in [0.717, 1.165) is 13.0 Å². The predicted molar refractivity (Wildman–Crippen MR) is 114 cm³/mol. The van der Waals surface area contributed by atoms with E-state index in [4.69, 9.17) is 11.0 Å². The number of carbonyl (C=O) groups is 1. The third-order valence-corrected chi connectivity index (χ3v) is 6.29. The van der Waals surface area contributed by atoms with E-state index in [1.807, 2.05) is 6.07 Å². The fourth-order valence-electron chi connectivity index (χ4n) is 3.62. The van der Waals surface area contributed by atoms with Gasteiger partial charge in [0.25, 0.3) is 12.3 Å². The maximum atomic E-state index is 14.8. The molecule has 174 valence electrons. The summed E-state index contributed by atoms with van der Waals surface area (Å²) < 4.78 is 69.0. The van der Waals surface area contributed by atoms with Gasteiger partial charge in [0.2, 0.25) is 0 Å². The quantitative estimate of drug-likeness (QED) is 0.613. The highest BCUT2D eigenvalue weighted by atomic mass is 32.2. The molecule has 2 aromatic rings. The molecule has 1 aromatic heterocycles. The van der Waals surface area contributed by atoms with E-state index in [0.29, 0.717) is 23.4 Å². The van der Waals surface area contributed by atoms with Crippen molar-refractivity contribution >= 4 is 28.5 Å². The predicted octanol–water partition coefficient (Wildman–Crippen LogP) is 4.43. The fraction of sp³-hybridized carbons (Fsp3) is 0.333. The zero-order chi connectivity index (χ0) is 24.6. The van der Waals surface area contributed by atoms with Crippen molar-refractivity contribution in [3.63, 3.8) is 0 Å². The molecule has 1 aliphatic heterocycles. The summed E-state index contributed by atoms with van der Waals surface area (Å²) in [6.45, 7) is 1.23. The van der Waals surface area contributed by atoms with Gasteiger partial charge in [-0.15, -0.1) is 0 Å². The lowest BCUT2D eigenvalue weighted by Crippen LogP contribution is -2.47. The van der Waals surface area contributed by atoms with Gasteiger partial charge in [0.1, 0.15) is 24.0 Å². The average Bonchev–Trinajstić information content (AvgIpc) is 2.74. The molecule has 0 bridgehead atoms. The summed E-state index contributed by atoms with van der Waals surface area (Å²) in [6, 6.07) is 4.89. The molecule has 1 aromatic carbocycles. The van der Waals surface area contributed by atoms with Crippen molar-refractivity contribution in [3.8, 4) is 6.07 Å². The van der Waals surface area contributed by atoms with E-state index < -0.39 is 58.1 Å².